The van der Waals surface area contributed by atoms with Crippen LogP contribution in [-0.4, -0.2) is 61.4 Å². The molecule has 158 valence electrons. The maximum Gasteiger partial charge on any atom is 0.328 e. The number of fused-ring (bicyclic) bond motifs is 1. The van der Waals surface area contributed by atoms with Gasteiger partial charge in [-0.1, -0.05) is 6.07 Å². The van der Waals surface area contributed by atoms with Crippen molar-refractivity contribution in [1.82, 2.24) is 10.2 Å². The van der Waals surface area contributed by atoms with E-state index in [-0.39, 0.29) is 44.8 Å². The van der Waals surface area contributed by atoms with Gasteiger partial charge in [-0.05, 0) is 38.0 Å². The van der Waals surface area contributed by atoms with Crippen LogP contribution < -0.4 is 14.8 Å². The highest BCUT2D eigenvalue weighted by molar-refractivity contribution is 5.89. The second-order valence-electron chi connectivity index (χ2n) is 6.79. The zero-order chi connectivity index (χ0) is 20.8. The van der Waals surface area contributed by atoms with Crippen molar-refractivity contribution >= 4 is 17.8 Å². The standard InChI is InChI=1S/C20H26N2O7/c1-3-26-18(23)8-6-14(20(25)27-4-2)21-19(24)15-11-22(15)10-13-5-7-16-17(9-13)29-12-28-16/h5,7,9,14-15H,3-4,6,8,10-12H2,1-2H3,(H,21,24). The Morgan fingerprint density at radius 3 is 2.69 bits per heavy atom. The zero-order valence-electron chi connectivity index (χ0n) is 16.6. The van der Waals surface area contributed by atoms with E-state index in [1.807, 2.05) is 23.1 Å². The fraction of sp³-hybridized carbons (Fsp3) is 0.550. The lowest BCUT2D eigenvalue weighted by Gasteiger charge is -2.17. The minimum atomic E-state index is -0.875. The Morgan fingerprint density at radius 2 is 1.93 bits per heavy atom. The molecule has 1 amide bonds. The van der Waals surface area contributed by atoms with Crippen molar-refractivity contribution in [3.8, 4) is 11.5 Å². The topological polar surface area (TPSA) is 103 Å². The van der Waals surface area contributed by atoms with Crippen LogP contribution in [0.4, 0.5) is 0 Å². The van der Waals surface area contributed by atoms with Gasteiger partial charge < -0.3 is 24.3 Å². The van der Waals surface area contributed by atoms with Gasteiger partial charge in [0, 0.05) is 19.5 Å². The third-order valence-corrected chi connectivity index (χ3v) is 4.67. The molecule has 0 saturated carbocycles. The van der Waals surface area contributed by atoms with Gasteiger partial charge in [0.2, 0.25) is 12.7 Å². The van der Waals surface area contributed by atoms with Gasteiger partial charge in [0.25, 0.3) is 0 Å². The molecule has 2 aliphatic rings. The number of rotatable bonds is 10. The van der Waals surface area contributed by atoms with Crippen molar-refractivity contribution in [3.63, 3.8) is 0 Å². The van der Waals surface area contributed by atoms with Crippen LogP contribution in [0.2, 0.25) is 0 Å². The molecule has 2 aliphatic heterocycles. The molecule has 9 heteroatoms. The lowest BCUT2D eigenvalue weighted by Crippen LogP contribution is -2.44. The monoisotopic (exact) mass is 406 g/mol. The number of carbonyl (C=O) groups is 3. The van der Waals surface area contributed by atoms with Crippen LogP contribution in [-0.2, 0) is 30.4 Å². The smallest absolute Gasteiger partial charge is 0.328 e. The molecule has 3 rings (SSSR count). The fourth-order valence-electron chi connectivity index (χ4n) is 3.13. The molecule has 0 spiro atoms. The lowest BCUT2D eigenvalue weighted by atomic mass is 10.1. The van der Waals surface area contributed by atoms with Crippen LogP contribution in [0, 0.1) is 0 Å². The van der Waals surface area contributed by atoms with Crippen molar-refractivity contribution in [3.05, 3.63) is 23.8 Å². The molecule has 9 nitrogen and oxygen atoms in total. The second kappa shape index (κ2) is 9.60. The molecule has 0 bridgehead atoms. The van der Waals surface area contributed by atoms with E-state index in [0.717, 1.165) is 5.56 Å². The highest BCUT2D eigenvalue weighted by atomic mass is 16.7. The number of carbonyl (C=O) groups excluding carboxylic acids is 3. The summed E-state index contributed by atoms with van der Waals surface area (Å²) < 4.78 is 20.6. The van der Waals surface area contributed by atoms with Crippen LogP contribution in [0.1, 0.15) is 32.3 Å². The molecule has 3 atom stereocenters. The SMILES string of the molecule is CCOC(=O)CCC(NC(=O)C1CN1Cc1ccc2c(c1)OCO2)C(=O)OCC. The average Bonchev–Trinajstić information content (AvgIpc) is 3.30. The van der Waals surface area contributed by atoms with Crippen LogP contribution in [0.5, 0.6) is 11.5 Å². The Hall–Kier alpha value is -2.81. The van der Waals surface area contributed by atoms with E-state index in [9.17, 15) is 14.4 Å². The Labute approximate surface area is 169 Å². The molecule has 1 N–H and O–H groups in total. The molecule has 1 saturated heterocycles. The van der Waals surface area contributed by atoms with Crippen LogP contribution in [0.15, 0.2) is 18.2 Å². The van der Waals surface area contributed by atoms with Crippen LogP contribution in [0.25, 0.3) is 0 Å². The zero-order valence-corrected chi connectivity index (χ0v) is 16.6. The van der Waals surface area contributed by atoms with E-state index >= 15 is 0 Å². The Bertz CT molecular complexity index is 767. The fourth-order valence-corrected chi connectivity index (χ4v) is 3.13. The average molecular weight is 406 g/mol. The summed E-state index contributed by atoms with van der Waals surface area (Å²) in [6.07, 6.45) is 0.168. The lowest BCUT2D eigenvalue weighted by molar-refractivity contribution is -0.148. The molecule has 1 aromatic carbocycles. The first-order valence-corrected chi connectivity index (χ1v) is 9.77. The van der Waals surface area contributed by atoms with E-state index in [4.69, 9.17) is 18.9 Å². The summed E-state index contributed by atoms with van der Waals surface area (Å²) in [6, 6.07) is 4.49. The van der Waals surface area contributed by atoms with E-state index in [2.05, 4.69) is 5.32 Å². The highest BCUT2D eigenvalue weighted by Gasteiger charge is 2.41. The predicted molar refractivity (Wildman–Crippen MR) is 101 cm³/mol. The Kier molecular flexibility index (Phi) is 6.92. The highest BCUT2D eigenvalue weighted by Crippen LogP contribution is 2.33. The number of benzene rings is 1. The van der Waals surface area contributed by atoms with Gasteiger partial charge in [-0.3, -0.25) is 14.5 Å². The normalized spacial score (nSPS) is 19.9. The number of nitrogens with one attached hydrogen (secondary N) is 1. The molecule has 0 aromatic heterocycles. The van der Waals surface area contributed by atoms with Gasteiger partial charge in [0.05, 0.1) is 13.2 Å². The van der Waals surface area contributed by atoms with Gasteiger partial charge in [-0.15, -0.1) is 0 Å². The molecule has 1 fully saturated rings. The number of esters is 2. The van der Waals surface area contributed by atoms with Gasteiger partial charge >= 0.3 is 11.9 Å². The summed E-state index contributed by atoms with van der Waals surface area (Å²) >= 11 is 0. The quantitative estimate of drug-likeness (QED) is 0.453. The first kappa shape index (κ1) is 20.9. The van der Waals surface area contributed by atoms with E-state index in [1.165, 1.54) is 0 Å². The van der Waals surface area contributed by atoms with Gasteiger partial charge in [0.1, 0.15) is 12.1 Å². The number of hydrogen-bond acceptors (Lipinski definition) is 8. The molecule has 29 heavy (non-hydrogen) atoms. The largest absolute Gasteiger partial charge is 0.466 e. The molecule has 2 heterocycles. The van der Waals surface area contributed by atoms with Crippen molar-refractivity contribution in [2.75, 3.05) is 26.6 Å². The second-order valence-corrected chi connectivity index (χ2v) is 6.79. The third kappa shape index (κ3) is 5.60. The van der Waals surface area contributed by atoms with E-state index in [1.54, 1.807) is 13.8 Å². The first-order valence-electron chi connectivity index (χ1n) is 9.77. The minimum absolute atomic E-state index is 0.0309. The number of nitrogens with zero attached hydrogens (tertiary/aromatic N) is 1. The summed E-state index contributed by atoms with van der Waals surface area (Å²) in [7, 11) is 0. The van der Waals surface area contributed by atoms with Crippen molar-refractivity contribution in [2.24, 2.45) is 0 Å². The van der Waals surface area contributed by atoms with E-state index in [0.29, 0.717) is 24.6 Å². The van der Waals surface area contributed by atoms with Crippen molar-refractivity contribution in [2.45, 2.75) is 45.3 Å². The predicted octanol–water partition coefficient (Wildman–Crippen LogP) is 0.991. The molecular weight excluding hydrogens is 380 g/mol. The summed E-state index contributed by atoms with van der Waals surface area (Å²) in [5.74, 6) is 0.201. The summed E-state index contributed by atoms with van der Waals surface area (Å²) in [4.78, 5) is 38.3. The molecule has 3 unspecified atom stereocenters. The summed E-state index contributed by atoms with van der Waals surface area (Å²) in [5, 5.41) is 2.71. The summed E-state index contributed by atoms with van der Waals surface area (Å²) in [5.41, 5.74) is 1.01. The Morgan fingerprint density at radius 1 is 1.17 bits per heavy atom. The molecule has 0 aliphatic carbocycles. The van der Waals surface area contributed by atoms with Gasteiger partial charge in [0.15, 0.2) is 11.5 Å². The van der Waals surface area contributed by atoms with Crippen molar-refractivity contribution in [1.29, 1.82) is 0 Å². The number of amides is 1. The van der Waals surface area contributed by atoms with E-state index < -0.39 is 18.0 Å². The molecule has 1 aromatic rings. The first-order chi connectivity index (χ1) is 14.0. The molecular formula is C20H26N2O7. The maximum atomic E-state index is 12.6. The van der Waals surface area contributed by atoms with Crippen molar-refractivity contribution < 1.29 is 33.3 Å². The van der Waals surface area contributed by atoms with Crippen LogP contribution in [0.3, 0.4) is 0 Å². The van der Waals surface area contributed by atoms with Gasteiger partial charge in [-0.25, -0.2) is 4.79 Å². The Balaban J connectivity index is 1.51. The van der Waals surface area contributed by atoms with Gasteiger partial charge in [-0.2, -0.15) is 0 Å². The number of ether oxygens (including phenoxy) is 4. The van der Waals surface area contributed by atoms with Crippen LogP contribution >= 0.6 is 0 Å². The minimum Gasteiger partial charge on any atom is -0.466 e. The summed E-state index contributed by atoms with van der Waals surface area (Å²) in [6.45, 7) is 5.26. The maximum absolute atomic E-state index is 12.6. The molecule has 0 radical (unpaired) electrons. The third-order valence-electron chi connectivity index (χ3n) is 4.67. The number of hydrogen-bond donors (Lipinski definition) is 1.